The third-order valence-electron chi connectivity index (χ3n) is 3.88. The van der Waals surface area contributed by atoms with Crippen LogP contribution in [0, 0.1) is 0 Å². The number of unbranched alkanes of at least 4 members (excludes halogenated alkanes) is 5. The highest BCUT2D eigenvalue weighted by atomic mass is 16.6. The highest BCUT2D eigenvalue weighted by Crippen LogP contribution is 2.07. The average molecular weight is 434 g/mol. The minimum atomic E-state index is -0.504. The number of ether oxygens (including phenoxy) is 5. The molecule has 0 aliphatic rings. The van der Waals surface area contributed by atoms with Crippen LogP contribution in [0.1, 0.15) is 72.6 Å². The van der Waals surface area contributed by atoms with Gasteiger partial charge in [0.25, 0.3) is 0 Å². The molecule has 30 heavy (non-hydrogen) atoms. The predicted molar refractivity (Wildman–Crippen MR) is 116 cm³/mol. The van der Waals surface area contributed by atoms with Gasteiger partial charge in [0.15, 0.2) is 0 Å². The van der Waals surface area contributed by atoms with Gasteiger partial charge in [-0.1, -0.05) is 39.0 Å². The van der Waals surface area contributed by atoms with Gasteiger partial charge in [-0.3, -0.25) is 4.79 Å². The third-order valence-corrected chi connectivity index (χ3v) is 3.88. The van der Waals surface area contributed by atoms with Crippen LogP contribution in [-0.4, -0.2) is 70.5 Å². The predicted octanol–water partition coefficient (Wildman–Crippen LogP) is 3.85. The molecule has 0 aromatic carbocycles. The minimum Gasteiger partial charge on any atom is -0.463 e. The molecule has 0 aromatic rings. The lowest BCUT2D eigenvalue weighted by Crippen LogP contribution is -2.34. The maximum absolute atomic E-state index is 11.6. The molecule has 8 nitrogen and oxygen atoms in total. The lowest BCUT2D eigenvalue weighted by Gasteiger charge is -2.19. The van der Waals surface area contributed by atoms with Crippen molar-refractivity contribution in [2.75, 3.05) is 52.8 Å². The van der Waals surface area contributed by atoms with Crippen molar-refractivity contribution >= 4 is 12.1 Å². The first kappa shape index (κ1) is 28.6. The number of amides is 1. The number of hydrogen-bond donors (Lipinski definition) is 1. The number of hydrogen-bond acceptors (Lipinski definition) is 7. The van der Waals surface area contributed by atoms with Gasteiger partial charge < -0.3 is 29.0 Å². The highest BCUT2D eigenvalue weighted by Gasteiger charge is 2.15. The van der Waals surface area contributed by atoms with E-state index in [-0.39, 0.29) is 12.6 Å². The van der Waals surface area contributed by atoms with E-state index in [2.05, 4.69) is 12.2 Å². The van der Waals surface area contributed by atoms with Crippen molar-refractivity contribution in [3.63, 3.8) is 0 Å². The van der Waals surface area contributed by atoms with Crippen molar-refractivity contribution in [3.8, 4) is 0 Å². The van der Waals surface area contributed by atoms with E-state index in [9.17, 15) is 9.59 Å². The maximum atomic E-state index is 11.6. The molecule has 0 fully saturated rings. The molecule has 0 aromatic heterocycles. The second-order valence-electron chi connectivity index (χ2n) is 8.00. The summed E-state index contributed by atoms with van der Waals surface area (Å²) >= 11 is 0. The fraction of sp³-hybridized carbons (Fsp3) is 0.909. The van der Waals surface area contributed by atoms with Crippen LogP contribution in [0.5, 0.6) is 0 Å². The molecule has 178 valence electrons. The highest BCUT2D eigenvalue weighted by molar-refractivity contribution is 5.69. The van der Waals surface area contributed by atoms with Gasteiger partial charge in [0.1, 0.15) is 12.2 Å². The zero-order chi connectivity index (χ0) is 22.5. The van der Waals surface area contributed by atoms with Crippen LogP contribution in [0.25, 0.3) is 0 Å². The van der Waals surface area contributed by atoms with Crippen molar-refractivity contribution in [2.24, 2.45) is 0 Å². The molecular formula is C22H43NO7. The van der Waals surface area contributed by atoms with Crippen LogP contribution in [-0.2, 0) is 28.5 Å². The Bertz CT molecular complexity index is 424. The van der Waals surface area contributed by atoms with E-state index in [1.165, 1.54) is 25.7 Å². The molecule has 0 spiro atoms. The van der Waals surface area contributed by atoms with Gasteiger partial charge in [0, 0.05) is 13.0 Å². The Morgan fingerprint density at radius 2 is 1.27 bits per heavy atom. The summed E-state index contributed by atoms with van der Waals surface area (Å²) in [6, 6.07) is 0. The van der Waals surface area contributed by atoms with Crippen molar-refractivity contribution in [2.45, 2.75) is 78.2 Å². The first-order valence-corrected chi connectivity index (χ1v) is 11.2. The number of nitrogens with one attached hydrogen (secondary N) is 1. The fourth-order valence-electron chi connectivity index (χ4n) is 2.42. The first-order valence-electron chi connectivity index (χ1n) is 11.2. The van der Waals surface area contributed by atoms with Crippen molar-refractivity contribution in [1.82, 2.24) is 5.32 Å². The normalized spacial score (nSPS) is 11.3. The average Bonchev–Trinajstić information content (AvgIpc) is 2.66. The standard InChI is InChI=1S/C22H43NO7/c1-5-6-7-8-9-10-11-20(24)29-19-18-28-17-16-27-15-14-26-13-12-23-21(25)30-22(2,3)4/h5-19H2,1-4H3,(H,23,25). The summed E-state index contributed by atoms with van der Waals surface area (Å²) in [4.78, 5) is 23.0. The quantitative estimate of drug-likeness (QED) is 0.244. The molecule has 0 atom stereocenters. The van der Waals surface area contributed by atoms with Gasteiger partial charge in [-0.05, 0) is 27.2 Å². The van der Waals surface area contributed by atoms with E-state index < -0.39 is 11.7 Å². The summed E-state index contributed by atoms with van der Waals surface area (Å²) in [5.41, 5.74) is -0.504. The summed E-state index contributed by atoms with van der Waals surface area (Å²) in [6.45, 7) is 10.8. The smallest absolute Gasteiger partial charge is 0.407 e. The summed E-state index contributed by atoms with van der Waals surface area (Å²) in [6.07, 6.45) is 6.97. The molecule has 1 N–H and O–H groups in total. The van der Waals surface area contributed by atoms with Crippen molar-refractivity contribution in [1.29, 1.82) is 0 Å². The Balaban J connectivity index is 3.24. The Labute approximate surface area is 182 Å². The summed E-state index contributed by atoms with van der Waals surface area (Å²) in [5.74, 6) is -0.149. The Morgan fingerprint density at radius 3 is 1.87 bits per heavy atom. The van der Waals surface area contributed by atoms with Crippen molar-refractivity contribution < 1.29 is 33.3 Å². The molecule has 1 amide bonds. The SMILES string of the molecule is CCCCCCCCC(=O)OCCOCCOCCOCCNC(=O)OC(C)(C)C. The van der Waals surface area contributed by atoms with Crippen LogP contribution in [0.2, 0.25) is 0 Å². The number of rotatable bonds is 19. The summed E-state index contributed by atoms with van der Waals surface area (Å²) in [7, 11) is 0. The van der Waals surface area contributed by atoms with Crippen molar-refractivity contribution in [3.05, 3.63) is 0 Å². The van der Waals surface area contributed by atoms with Crippen LogP contribution in [0.4, 0.5) is 4.79 Å². The van der Waals surface area contributed by atoms with Crippen LogP contribution < -0.4 is 5.32 Å². The fourth-order valence-corrected chi connectivity index (χ4v) is 2.42. The molecule has 8 heteroatoms. The molecule has 0 heterocycles. The van der Waals surface area contributed by atoms with E-state index in [4.69, 9.17) is 23.7 Å². The number of esters is 1. The van der Waals surface area contributed by atoms with Gasteiger partial charge in [-0.2, -0.15) is 0 Å². The third kappa shape index (κ3) is 22.9. The Kier molecular flexibility index (Phi) is 18.7. The van der Waals surface area contributed by atoms with Crippen LogP contribution in [0.3, 0.4) is 0 Å². The summed E-state index contributed by atoms with van der Waals surface area (Å²) < 4.78 is 26.3. The van der Waals surface area contributed by atoms with Gasteiger partial charge >= 0.3 is 12.1 Å². The van der Waals surface area contributed by atoms with E-state index in [1.807, 2.05) is 20.8 Å². The van der Waals surface area contributed by atoms with Gasteiger partial charge in [0.2, 0.25) is 0 Å². The minimum absolute atomic E-state index is 0.149. The van der Waals surface area contributed by atoms with E-state index in [0.717, 1.165) is 12.8 Å². The van der Waals surface area contributed by atoms with E-state index in [1.54, 1.807) is 0 Å². The molecule has 0 aliphatic carbocycles. The molecule has 0 unspecified atom stereocenters. The maximum Gasteiger partial charge on any atom is 0.407 e. The lowest BCUT2D eigenvalue weighted by atomic mass is 10.1. The number of carbonyl (C=O) groups excluding carboxylic acids is 2. The Hall–Kier alpha value is -1.38. The van der Waals surface area contributed by atoms with Gasteiger partial charge in [-0.15, -0.1) is 0 Å². The molecule has 0 saturated heterocycles. The zero-order valence-corrected chi connectivity index (χ0v) is 19.5. The molecular weight excluding hydrogens is 390 g/mol. The zero-order valence-electron chi connectivity index (χ0n) is 19.5. The number of carbonyl (C=O) groups is 2. The second-order valence-corrected chi connectivity index (χ2v) is 8.00. The largest absolute Gasteiger partial charge is 0.463 e. The number of alkyl carbamates (subject to hydrolysis) is 1. The molecule has 0 rings (SSSR count). The second kappa shape index (κ2) is 19.6. The van der Waals surface area contributed by atoms with E-state index >= 15 is 0 Å². The Morgan fingerprint density at radius 1 is 0.733 bits per heavy atom. The molecule has 0 bridgehead atoms. The lowest BCUT2D eigenvalue weighted by molar-refractivity contribution is -0.145. The van der Waals surface area contributed by atoms with Crippen LogP contribution in [0.15, 0.2) is 0 Å². The van der Waals surface area contributed by atoms with E-state index in [0.29, 0.717) is 52.6 Å². The molecule has 0 radical (unpaired) electrons. The summed E-state index contributed by atoms with van der Waals surface area (Å²) in [5, 5.41) is 2.62. The van der Waals surface area contributed by atoms with Gasteiger partial charge in [-0.25, -0.2) is 4.79 Å². The van der Waals surface area contributed by atoms with Crippen LogP contribution >= 0.6 is 0 Å². The first-order chi connectivity index (χ1) is 14.3. The molecule has 0 aliphatic heterocycles. The monoisotopic (exact) mass is 433 g/mol. The topological polar surface area (TPSA) is 92.3 Å². The molecule has 0 saturated carbocycles. The van der Waals surface area contributed by atoms with Gasteiger partial charge in [0.05, 0.1) is 39.6 Å².